The number of carbonyl (C=O) groups is 3. The van der Waals surface area contributed by atoms with E-state index >= 15 is 0 Å². The Kier molecular flexibility index (Phi) is 7.61. The highest BCUT2D eigenvalue weighted by molar-refractivity contribution is 5.90. The highest BCUT2D eigenvalue weighted by Crippen LogP contribution is 2.44. The average Bonchev–Trinajstić information content (AvgIpc) is 3.11. The summed E-state index contributed by atoms with van der Waals surface area (Å²) in [5.74, 6) is -1.95. The molecule has 8 nitrogen and oxygen atoms in total. The molecule has 0 saturated heterocycles. The second-order valence-electron chi connectivity index (χ2n) is 9.53. The molecule has 1 aliphatic carbocycles. The zero-order chi connectivity index (χ0) is 25.0. The van der Waals surface area contributed by atoms with Crippen molar-refractivity contribution in [2.75, 3.05) is 13.7 Å². The lowest BCUT2D eigenvalue weighted by Crippen LogP contribution is -2.58. The summed E-state index contributed by atoms with van der Waals surface area (Å²) >= 11 is 0. The summed E-state index contributed by atoms with van der Waals surface area (Å²) in [6.07, 6.45) is -1.50. The molecule has 3 atom stereocenters. The number of rotatable bonds is 8. The molecule has 0 heterocycles. The van der Waals surface area contributed by atoms with Crippen LogP contribution >= 0.6 is 0 Å². The van der Waals surface area contributed by atoms with E-state index in [1.165, 1.54) is 7.11 Å². The van der Waals surface area contributed by atoms with Gasteiger partial charge in [0.1, 0.15) is 18.7 Å². The number of hydrogen-bond acceptors (Lipinski definition) is 5. The lowest BCUT2D eigenvalue weighted by atomic mass is 9.86. The largest absolute Gasteiger partial charge is 0.480 e. The van der Waals surface area contributed by atoms with Gasteiger partial charge in [0.2, 0.25) is 5.91 Å². The first-order chi connectivity index (χ1) is 16.0. The zero-order valence-corrected chi connectivity index (χ0v) is 20.1. The standard InChI is InChI=1S/C26H32N2O6/c1-15(33-5)21(23(29)28-22(24(30)31)26(2,3)4)27-25(32)34-14-20-18-12-8-6-10-16(18)17-11-7-9-13-19(17)20/h6-13,15,20-22H,14H2,1-5H3,(H,27,32)(H,28,29)(H,30,31)/t15?,21?,22-/m0/s1. The van der Waals surface area contributed by atoms with Crippen LogP contribution in [0.4, 0.5) is 4.79 Å². The van der Waals surface area contributed by atoms with Crippen LogP contribution in [0.1, 0.15) is 44.7 Å². The number of alkyl carbamates (subject to hydrolysis) is 1. The molecule has 2 unspecified atom stereocenters. The predicted molar refractivity (Wildman–Crippen MR) is 127 cm³/mol. The summed E-state index contributed by atoms with van der Waals surface area (Å²) in [6.45, 7) is 6.83. The molecule has 182 valence electrons. The Morgan fingerprint density at radius 3 is 1.97 bits per heavy atom. The average molecular weight is 469 g/mol. The molecular weight excluding hydrogens is 436 g/mol. The predicted octanol–water partition coefficient (Wildman–Crippen LogP) is 3.54. The van der Waals surface area contributed by atoms with Crippen LogP contribution in [0.3, 0.4) is 0 Å². The van der Waals surface area contributed by atoms with Gasteiger partial charge in [-0.3, -0.25) is 4.79 Å². The van der Waals surface area contributed by atoms with Gasteiger partial charge in [0.25, 0.3) is 0 Å². The molecule has 0 spiro atoms. The second kappa shape index (κ2) is 10.3. The summed E-state index contributed by atoms with van der Waals surface area (Å²) in [4.78, 5) is 37.3. The Labute approximate surface area is 199 Å². The number of methoxy groups -OCH3 is 1. The smallest absolute Gasteiger partial charge is 0.407 e. The number of amides is 2. The normalized spacial score (nSPS) is 15.4. The number of carboxylic acids is 1. The summed E-state index contributed by atoms with van der Waals surface area (Å²) < 4.78 is 10.8. The maximum absolute atomic E-state index is 12.9. The monoisotopic (exact) mass is 468 g/mol. The van der Waals surface area contributed by atoms with E-state index < -0.39 is 41.6 Å². The highest BCUT2D eigenvalue weighted by atomic mass is 16.5. The molecule has 2 aromatic rings. The lowest BCUT2D eigenvalue weighted by Gasteiger charge is -2.30. The van der Waals surface area contributed by atoms with Crippen molar-refractivity contribution in [2.45, 2.75) is 51.8 Å². The van der Waals surface area contributed by atoms with E-state index in [1.54, 1.807) is 27.7 Å². The van der Waals surface area contributed by atoms with Crippen molar-refractivity contribution >= 4 is 18.0 Å². The number of aliphatic carboxylic acids is 1. The van der Waals surface area contributed by atoms with Crippen molar-refractivity contribution in [3.05, 3.63) is 59.7 Å². The van der Waals surface area contributed by atoms with Gasteiger partial charge in [-0.25, -0.2) is 9.59 Å². The Morgan fingerprint density at radius 1 is 0.971 bits per heavy atom. The van der Waals surface area contributed by atoms with Crippen molar-refractivity contribution in [2.24, 2.45) is 5.41 Å². The molecule has 0 bridgehead atoms. The lowest BCUT2D eigenvalue weighted by molar-refractivity contribution is -0.145. The number of carboxylic acid groups (broad SMARTS) is 1. The minimum atomic E-state index is -1.16. The molecule has 0 saturated carbocycles. The molecule has 3 rings (SSSR count). The van der Waals surface area contributed by atoms with Crippen LogP contribution < -0.4 is 10.6 Å². The molecule has 2 amide bonds. The number of carbonyl (C=O) groups excluding carboxylic acids is 2. The van der Waals surface area contributed by atoms with Gasteiger partial charge >= 0.3 is 12.1 Å². The third-order valence-electron chi connectivity index (χ3n) is 6.14. The van der Waals surface area contributed by atoms with E-state index in [-0.39, 0.29) is 12.5 Å². The number of nitrogens with one attached hydrogen (secondary N) is 2. The Hall–Kier alpha value is -3.39. The van der Waals surface area contributed by atoms with Crippen LogP contribution in [-0.4, -0.2) is 55.0 Å². The van der Waals surface area contributed by atoms with Gasteiger partial charge in [-0.05, 0) is 34.6 Å². The van der Waals surface area contributed by atoms with E-state index in [9.17, 15) is 19.5 Å². The first-order valence-electron chi connectivity index (χ1n) is 11.2. The first-order valence-corrected chi connectivity index (χ1v) is 11.2. The van der Waals surface area contributed by atoms with E-state index in [1.807, 2.05) is 48.5 Å². The second-order valence-corrected chi connectivity index (χ2v) is 9.53. The molecule has 3 N–H and O–H groups in total. The number of hydrogen-bond donors (Lipinski definition) is 3. The topological polar surface area (TPSA) is 114 Å². The minimum Gasteiger partial charge on any atom is -0.480 e. The summed E-state index contributed by atoms with van der Waals surface area (Å²) in [5, 5.41) is 14.6. The number of benzene rings is 2. The van der Waals surface area contributed by atoms with Crippen LogP contribution in [0.2, 0.25) is 0 Å². The third-order valence-corrected chi connectivity index (χ3v) is 6.14. The molecule has 1 aliphatic rings. The molecule has 0 aromatic heterocycles. The van der Waals surface area contributed by atoms with Crippen LogP contribution in [0, 0.1) is 5.41 Å². The van der Waals surface area contributed by atoms with Gasteiger partial charge in [-0.2, -0.15) is 0 Å². The van der Waals surface area contributed by atoms with Gasteiger partial charge < -0.3 is 25.2 Å². The molecule has 34 heavy (non-hydrogen) atoms. The van der Waals surface area contributed by atoms with Crippen molar-refractivity contribution in [3.63, 3.8) is 0 Å². The van der Waals surface area contributed by atoms with Crippen molar-refractivity contribution in [1.82, 2.24) is 10.6 Å². The molecule has 0 fully saturated rings. The summed E-state index contributed by atoms with van der Waals surface area (Å²) in [6, 6.07) is 13.7. The molecular formula is C26H32N2O6. The quantitative estimate of drug-likeness (QED) is 0.546. The fraction of sp³-hybridized carbons (Fsp3) is 0.423. The van der Waals surface area contributed by atoms with E-state index in [0.29, 0.717) is 0 Å². The van der Waals surface area contributed by atoms with Crippen molar-refractivity contribution < 1.29 is 29.0 Å². The minimum absolute atomic E-state index is 0.0926. The van der Waals surface area contributed by atoms with E-state index in [4.69, 9.17) is 9.47 Å². The SMILES string of the molecule is COC(C)C(NC(=O)OCC1c2ccccc2-c2ccccc21)C(=O)N[C@@H](C(=O)O)C(C)(C)C. The molecule has 0 aliphatic heterocycles. The summed E-state index contributed by atoms with van der Waals surface area (Å²) in [7, 11) is 1.41. The van der Waals surface area contributed by atoms with Gasteiger partial charge in [0, 0.05) is 13.0 Å². The molecule has 2 aromatic carbocycles. The van der Waals surface area contributed by atoms with Crippen molar-refractivity contribution in [1.29, 1.82) is 0 Å². The van der Waals surface area contributed by atoms with Crippen molar-refractivity contribution in [3.8, 4) is 11.1 Å². The maximum atomic E-state index is 12.9. The number of fused-ring (bicyclic) bond motifs is 3. The zero-order valence-electron chi connectivity index (χ0n) is 20.1. The van der Waals surface area contributed by atoms with Crippen LogP contribution in [0.25, 0.3) is 11.1 Å². The Morgan fingerprint density at radius 2 is 1.50 bits per heavy atom. The fourth-order valence-electron chi connectivity index (χ4n) is 4.18. The van der Waals surface area contributed by atoms with Gasteiger partial charge in [-0.15, -0.1) is 0 Å². The van der Waals surface area contributed by atoms with Gasteiger partial charge in [0.05, 0.1) is 6.10 Å². The first kappa shape index (κ1) is 25.2. The molecule has 8 heteroatoms. The van der Waals surface area contributed by atoms with Gasteiger partial charge in [-0.1, -0.05) is 69.3 Å². The highest BCUT2D eigenvalue weighted by Gasteiger charge is 2.37. The summed E-state index contributed by atoms with van der Waals surface area (Å²) in [5.41, 5.74) is 3.64. The Balaban J connectivity index is 1.70. The fourth-order valence-corrected chi connectivity index (χ4v) is 4.18. The van der Waals surface area contributed by atoms with E-state index in [0.717, 1.165) is 22.3 Å². The van der Waals surface area contributed by atoms with Crippen LogP contribution in [0.5, 0.6) is 0 Å². The maximum Gasteiger partial charge on any atom is 0.407 e. The number of ether oxygens (including phenoxy) is 2. The van der Waals surface area contributed by atoms with Crippen LogP contribution in [-0.2, 0) is 19.1 Å². The Bertz CT molecular complexity index is 1020. The van der Waals surface area contributed by atoms with E-state index in [2.05, 4.69) is 10.6 Å². The molecule has 0 radical (unpaired) electrons. The van der Waals surface area contributed by atoms with Gasteiger partial charge in [0.15, 0.2) is 0 Å². The van der Waals surface area contributed by atoms with Crippen LogP contribution in [0.15, 0.2) is 48.5 Å². The third kappa shape index (κ3) is 5.39.